The minimum Gasteiger partial charge on any atom is -0.497 e. The van der Waals surface area contributed by atoms with Crippen LogP contribution >= 0.6 is 11.3 Å². The van der Waals surface area contributed by atoms with Gasteiger partial charge >= 0.3 is 6.18 Å². The van der Waals surface area contributed by atoms with Crippen molar-refractivity contribution < 1.29 is 27.1 Å². The highest BCUT2D eigenvalue weighted by molar-refractivity contribution is 7.26. The Labute approximate surface area is 204 Å². The maximum absolute atomic E-state index is 13.3. The van der Waals surface area contributed by atoms with Gasteiger partial charge in [0.1, 0.15) is 45.4 Å². The number of aromatic nitrogens is 5. The number of furan rings is 1. The van der Waals surface area contributed by atoms with Crippen molar-refractivity contribution in [3.63, 3.8) is 0 Å². The summed E-state index contributed by atoms with van der Waals surface area (Å²) in [6, 6.07) is 11.7. The average Bonchev–Trinajstić information content (AvgIpc) is 3.58. The molecule has 0 atom stereocenters. The summed E-state index contributed by atoms with van der Waals surface area (Å²) in [6.45, 7) is 1.82. The van der Waals surface area contributed by atoms with Crippen molar-refractivity contribution >= 4 is 37.4 Å². The van der Waals surface area contributed by atoms with Crippen LogP contribution in [0.5, 0.6) is 11.5 Å². The van der Waals surface area contributed by atoms with E-state index in [1.807, 2.05) is 0 Å². The third-order valence-electron chi connectivity index (χ3n) is 5.58. The van der Waals surface area contributed by atoms with E-state index < -0.39 is 11.9 Å². The molecular formula is C24H16F3N5O3S. The monoisotopic (exact) mass is 511 g/mol. The molecular weight excluding hydrogens is 495 g/mol. The van der Waals surface area contributed by atoms with Crippen LogP contribution in [0.1, 0.15) is 17.0 Å². The highest BCUT2D eigenvalue weighted by atomic mass is 32.1. The van der Waals surface area contributed by atoms with Crippen molar-refractivity contribution in [2.75, 3.05) is 7.11 Å². The molecule has 5 heterocycles. The highest BCUT2D eigenvalue weighted by Gasteiger charge is 2.33. The molecule has 0 N–H and O–H groups in total. The van der Waals surface area contributed by atoms with Crippen LogP contribution in [0.4, 0.5) is 13.2 Å². The van der Waals surface area contributed by atoms with Gasteiger partial charge in [-0.25, -0.2) is 19.5 Å². The molecule has 5 aromatic heterocycles. The van der Waals surface area contributed by atoms with Gasteiger partial charge < -0.3 is 13.9 Å². The molecule has 182 valence electrons. The Bertz CT molecular complexity index is 1740. The largest absolute Gasteiger partial charge is 0.497 e. The zero-order chi connectivity index (χ0) is 25.0. The molecule has 0 aliphatic carbocycles. The second kappa shape index (κ2) is 8.19. The SMILES string of the molecule is COc1ccc(OCc2ccc(-c3nc4c5sc6nc(C(F)(F)F)cc(C)c6c5ncn4n3)o2)cc1. The summed E-state index contributed by atoms with van der Waals surface area (Å²) < 4.78 is 58.6. The van der Waals surface area contributed by atoms with Gasteiger partial charge in [-0.2, -0.15) is 13.2 Å². The Morgan fingerprint density at radius 3 is 2.58 bits per heavy atom. The Hall–Kier alpha value is -4.19. The van der Waals surface area contributed by atoms with Crippen molar-refractivity contribution in [2.45, 2.75) is 19.7 Å². The first kappa shape index (κ1) is 22.3. The molecule has 0 unspecified atom stereocenters. The maximum atomic E-state index is 13.3. The third kappa shape index (κ3) is 3.79. The number of fused-ring (bicyclic) bond motifs is 5. The summed E-state index contributed by atoms with van der Waals surface area (Å²) in [5.41, 5.74) is 0.506. The number of halogens is 3. The minimum absolute atomic E-state index is 0.203. The molecule has 0 spiro atoms. The normalized spacial score (nSPS) is 12.1. The minimum atomic E-state index is -4.53. The van der Waals surface area contributed by atoms with Crippen molar-refractivity contribution in [1.29, 1.82) is 0 Å². The number of hydrogen-bond acceptors (Lipinski definition) is 8. The summed E-state index contributed by atoms with van der Waals surface area (Å²) in [5, 5.41) is 5.01. The molecule has 6 rings (SSSR count). The average molecular weight is 511 g/mol. The van der Waals surface area contributed by atoms with E-state index in [4.69, 9.17) is 13.9 Å². The molecule has 36 heavy (non-hydrogen) atoms. The molecule has 0 bridgehead atoms. The predicted molar refractivity (Wildman–Crippen MR) is 126 cm³/mol. The third-order valence-corrected chi connectivity index (χ3v) is 6.65. The van der Waals surface area contributed by atoms with Gasteiger partial charge in [0, 0.05) is 5.39 Å². The molecule has 0 saturated carbocycles. The number of ether oxygens (including phenoxy) is 2. The Balaban J connectivity index is 1.33. The summed E-state index contributed by atoms with van der Waals surface area (Å²) in [7, 11) is 1.59. The van der Waals surface area contributed by atoms with Crippen molar-refractivity contribution in [1.82, 2.24) is 24.6 Å². The van der Waals surface area contributed by atoms with Crippen LogP contribution in [0.25, 0.3) is 37.7 Å². The van der Waals surface area contributed by atoms with E-state index in [0.717, 1.165) is 23.2 Å². The van der Waals surface area contributed by atoms with Crippen molar-refractivity contribution in [3.05, 3.63) is 65.8 Å². The number of aryl methyl sites for hydroxylation is 1. The van der Waals surface area contributed by atoms with Gasteiger partial charge in [0.25, 0.3) is 0 Å². The van der Waals surface area contributed by atoms with Crippen LogP contribution in [0.15, 0.2) is 53.2 Å². The summed E-state index contributed by atoms with van der Waals surface area (Å²) in [5.74, 6) is 2.71. The molecule has 0 amide bonds. The molecule has 8 nitrogen and oxygen atoms in total. The molecule has 0 radical (unpaired) electrons. The zero-order valence-corrected chi connectivity index (χ0v) is 19.6. The number of benzene rings is 1. The standard InChI is InChI=1S/C24H16F3N5O3S/c1-12-9-17(24(25,26)27)29-23-18(12)19-20(36-23)22-30-21(31-32(22)11-28-19)16-8-7-15(35-16)10-34-14-5-3-13(33-2)4-6-14/h3-9,11H,10H2,1-2H3. The smallest absolute Gasteiger partial charge is 0.433 e. The maximum Gasteiger partial charge on any atom is 0.433 e. The lowest BCUT2D eigenvalue weighted by molar-refractivity contribution is -0.141. The van der Waals surface area contributed by atoms with E-state index in [0.29, 0.717) is 49.9 Å². The predicted octanol–water partition coefficient (Wildman–Crippen LogP) is 6.06. The highest BCUT2D eigenvalue weighted by Crippen LogP contribution is 2.38. The fraction of sp³-hybridized carbons (Fsp3) is 0.167. The number of thiophene rings is 1. The second-order valence-electron chi connectivity index (χ2n) is 7.96. The topological polar surface area (TPSA) is 87.6 Å². The molecule has 0 aliphatic rings. The summed E-state index contributed by atoms with van der Waals surface area (Å²) in [4.78, 5) is 13.1. The Morgan fingerprint density at radius 1 is 1.06 bits per heavy atom. The van der Waals surface area contributed by atoms with Crippen LogP contribution in [0.2, 0.25) is 0 Å². The van der Waals surface area contributed by atoms with Gasteiger partial charge in [0.05, 0.1) is 12.6 Å². The van der Waals surface area contributed by atoms with Crippen molar-refractivity contribution in [2.24, 2.45) is 0 Å². The van der Waals surface area contributed by atoms with Gasteiger partial charge in [-0.05, 0) is 55.0 Å². The van der Waals surface area contributed by atoms with Crippen LogP contribution in [0, 0.1) is 6.92 Å². The number of rotatable bonds is 5. The number of hydrogen-bond donors (Lipinski definition) is 0. The summed E-state index contributed by atoms with van der Waals surface area (Å²) in [6.07, 6.45) is -3.05. The number of pyridine rings is 1. The van der Waals surface area contributed by atoms with E-state index in [1.54, 1.807) is 50.4 Å². The van der Waals surface area contributed by atoms with Crippen LogP contribution < -0.4 is 9.47 Å². The fourth-order valence-corrected chi connectivity index (χ4v) is 5.04. The molecule has 0 saturated heterocycles. The Kier molecular flexibility index (Phi) is 5.07. The fourth-order valence-electron chi connectivity index (χ4n) is 3.86. The van der Waals surface area contributed by atoms with Gasteiger partial charge in [-0.1, -0.05) is 0 Å². The molecule has 0 fully saturated rings. The Morgan fingerprint density at radius 2 is 1.83 bits per heavy atom. The number of alkyl halides is 3. The molecule has 12 heteroatoms. The molecule has 1 aromatic carbocycles. The van der Waals surface area contributed by atoms with Crippen molar-refractivity contribution in [3.8, 4) is 23.1 Å². The van der Waals surface area contributed by atoms with E-state index in [-0.39, 0.29) is 11.4 Å². The van der Waals surface area contributed by atoms with Gasteiger partial charge in [-0.3, -0.25) is 0 Å². The van der Waals surface area contributed by atoms with Gasteiger partial charge in [0.15, 0.2) is 11.4 Å². The first-order valence-corrected chi connectivity index (χ1v) is 11.5. The van der Waals surface area contributed by atoms with Gasteiger partial charge in [-0.15, -0.1) is 16.4 Å². The summed E-state index contributed by atoms with van der Waals surface area (Å²) >= 11 is 1.10. The van der Waals surface area contributed by atoms with Crippen LogP contribution in [0.3, 0.4) is 0 Å². The molecule has 6 aromatic rings. The van der Waals surface area contributed by atoms with E-state index >= 15 is 0 Å². The lowest BCUT2D eigenvalue weighted by atomic mass is 10.1. The first-order valence-electron chi connectivity index (χ1n) is 10.7. The lowest BCUT2D eigenvalue weighted by Crippen LogP contribution is -2.07. The van der Waals surface area contributed by atoms with Crippen LogP contribution in [-0.2, 0) is 12.8 Å². The molecule has 0 aliphatic heterocycles. The second-order valence-corrected chi connectivity index (χ2v) is 8.96. The number of methoxy groups -OCH3 is 1. The van der Waals surface area contributed by atoms with Crippen LogP contribution in [-0.4, -0.2) is 31.7 Å². The van der Waals surface area contributed by atoms with E-state index in [9.17, 15) is 13.2 Å². The van der Waals surface area contributed by atoms with Gasteiger partial charge in [0.2, 0.25) is 5.82 Å². The lowest BCUT2D eigenvalue weighted by Gasteiger charge is -2.06. The number of nitrogens with zero attached hydrogens (tertiary/aromatic N) is 5. The van der Waals surface area contributed by atoms with E-state index in [1.165, 1.54) is 10.8 Å². The zero-order valence-electron chi connectivity index (χ0n) is 18.8. The van der Waals surface area contributed by atoms with E-state index in [2.05, 4.69) is 20.1 Å². The first-order chi connectivity index (χ1) is 17.3. The quantitative estimate of drug-likeness (QED) is 0.278.